The molecule has 23 heavy (non-hydrogen) atoms. The van der Waals surface area contributed by atoms with Gasteiger partial charge in [-0.3, -0.25) is 0 Å². The lowest BCUT2D eigenvalue weighted by molar-refractivity contribution is 0.113. The first-order chi connectivity index (χ1) is 11.1. The van der Waals surface area contributed by atoms with Crippen LogP contribution in [0.1, 0.15) is 25.3 Å². The van der Waals surface area contributed by atoms with Gasteiger partial charge >= 0.3 is 6.03 Å². The van der Waals surface area contributed by atoms with Crippen LogP contribution in [0.2, 0.25) is 0 Å². The number of aliphatic hydroxyl groups is 1. The summed E-state index contributed by atoms with van der Waals surface area (Å²) in [5.41, 5.74) is 2.67. The zero-order chi connectivity index (χ0) is 16.4. The van der Waals surface area contributed by atoms with Gasteiger partial charge in [0.1, 0.15) is 0 Å². The summed E-state index contributed by atoms with van der Waals surface area (Å²) < 4.78 is 0. The lowest BCUT2D eigenvalue weighted by Crippen LogP contribution is -2.47. The minimum Gasteiger partial charge on any atom is -0.391 e. The predicted molar refractivity (Wildman–Crippen MR) is 91.7 cm³/mol. The van der Waals surface area contributed by atoms with Crippen molar-refractivity contribution in [2.24, 2.45) is 5.92 Å². The van der Waals surface area contributed by atoms with Gasteiger partial charge in [0.2, 0.25) is 0 Å². The Morgan fingerprint density at radius 2 is 2.17 bits per heavy atom. The van der Waals surface area contributed by atoms with E-state index in [-0.39, 0.29) is 18.2 Å². The number of carbonyl (C=O) groups excluding carboxylic acids is 1. The standard InChI is InChI=1S/C18H27N3O2/c1-13(21-10-9-14-5-3-4-6-16(14)21)11-19-18(23)20(2)12-17(22)15-7-8-15/h3-6,13,15,17,22H,7-12H2,1-2H3,(H,19,23). The lowest BCUT2D eigenvalue weighted by atomic mass is 10.2. The Hall–Kier alpha value is -1.75. The van der Waals surface area contributed by atoms with Crippen LogP contribution in [0.4, 0.5) is 10.5 Å². The minimum absolute atomic E-state index is 0.107. The van der Waals surface area contributed by atoms with Gasteiger partial charge in [-0.15, -0.1) is 0 Å². The van der Waals surface area contributed by atoms with Crippen LogP contribution in [0.15, 0.2) is 24.3 Å². The topological polar surface area (TPSA) is 55.8 Å². The van der Waals surface area contributed by atoms with Gasteiger partial charge in [-0.1, -0.05) is 18.2 Å². The number of nitrogens with one attached hydrogen (secondary N) is 1. The number of carbonyl (C=O) groups is 1. The monoisotopic (exact) mass is 317 g/mol. The van der Waals surface area contributed by atoms with E-state index >= 15 is 0 Å². The molecule has 0 radical (unpaired) electrons. The molecule has 2 unspecified atom stereocenters. The molecular formula is C18H27N3O2. The number of amides is 2. The van der Waals surface area contributed by atoms with Crippen LogP contribution in [0.25, 0.3) is 0 Å². The van der Waals surface area contributed by atoms with E-state index < -0.39 is 0 Å². The fourth-order valence-electron chi connectivity index (χ4n) is 3.30. The Bertz CT molecular complexity index is 559. The molecule has 1 aromatic carbocycles. The number of aliphatic hydroxyl groups excluding tert-OH is 1. The molecule has 2 atom stereocenters. The van der Waals surface area contributed by atoms with Gasteiger partial charge in [0.25, 0.3) is 0 Å². The third-order valence-corrected chi connectivity index (χ3v) is 4.98. The summed E-state index contributed by atoms with van der Waals surface area (Å²) in [6, 6.07) is 8.62. The Kier molecular flexibility index (Phi) is 4.76. The maximum Gasteiger partial charge on any atom is 0.317 e. The molecule has 0 spiro atoms. The Morgan fingerprint density at radius 3 is 2.91 bits per heavy atom. The van der Waals surface area contributed by atoms with Gasteiger partial charge in [-0.2, -0.15) is 0 Å². The number of benzene rings is 1. The highest BCUT2D eigenvalue weighted by Crippen LogP contribution is 2.32. The minimum atomic E-state index is -0.381. The van der Waals surface area contributed by atoms with Crippen molar-refractivity contribution < 1.29 is 9.90 Å². The molecule has 2 aliphatic rings. The van der Waals surface area contributed by atoms with Crippen molar-refractivity contribution in [1.82, 2.24) is 10.2 Å². The Labute approximate surface area is 138 Å². The fraction of sp³-hybridized carbons (Fsp3) is 0.611. The highest BCUT2D eigenvalue weighted by molar-refractivity contribution is 5.74. The number of hydrogen-bond acceptors (Lipinski definition) is 3. The van der Waals surface area contributed by atoms with E-state index in [1.165, 1.54) is 11.3 Å². The summed E-state index contributed by atoms with van der Waals surface area (Å²) in [6.07, 6.45) is 2.86. The average molecular weight is 317 g/mol. The van der Waals surface area contributed by atoms with E-state index in [4.69, 9.17) is 0 Å². The van der Waals surface area contributed by atoms with Crippen LogP contribution < -0.4 is 10.2 Å². The second-order valence-corrected chi connectivity index (χ2v) is 6.89. The molecule has 1 aliphatic carbocycles. The summed E-state index contributed by atoms with van der Waals surface area (Å²) in [7, 11) is 1.75. The molecule has 1 aliphatic heterocycles. The highest BCUT2D eigenvalue weighted by Gasteiger charge is 2.31. The molecule has 0 saturated heterocycles. The summed E-state index contributed by atoms with van der Waals surface area (Å²) >= 11 is 0. The van der Waals surface area contributed by atoms with Gasteiger partial charge in [0.15, 0.2) is 0 Å². The molecule has 1 saturated carbocycles. The molecular weight excluding hydrogens is 290 g/mol. The van der Waals surface area contributed by atoms with Crippen LogP contribution in [0.5, 0.6) is 0 Å². The normalized spacial score (nSPS) is 19.2. The van der Waals surface area contributed by atoms with E-state index in [2.05, 4.69) is 41.4 Å². The summed E-state index contributed by atoms with van der Waals surface area (Å²) in [4.78, 5) is 16.1. The Balaban J connectivity index is 1.47. The third-order valence-electron chi connectivity index (χ3n) is 4.98. The van der Waals surface area contributed by atoms with Crippen molar-refractivity contribution in [3.8, 4) is 0 Å². The van der Waals surface area contributed by atoms with Crippen molar-refractivity contribution >= 4 is 11.7 Å². The van der Waals surface area contributed by atoms with Gasteiger partial charge in [0.05, 0.1) is 6.10 Å². The second kappa shape index (κ2) is 6.79. The zero-order valence-electron chi connectivity index (χ0n) is 14.0. The molecule has 126 valence electrons. The zero-order valence-corrected chi connectivity index (χ0v) is 14.0. The van der Waals surface area contributed by atoms with Crippen molar-refractivity contribution in [2.45, 2.75) is 38.3 Å². The molecule has 1 fully saturated rings. The number of hydrogen-bond donors (Lipinski definition) is 2. The summed E-state index contributed by atoms with van der Waals surface area (Å²) in [5, 5.41) is 12.9. The number of urea groups is 1. The van der Waals surface area contributed by atoms with Crippen molar-refractivity contribution in [2.75, 3.05) is 31.6 Å². The van der Waals surface area contributed by atoms with Crippen LogP contribution in [0, 0.1) is 5.92 Å². The van der Waals surface area contributed by atoms with E-state index in [1.807, 2.05) is 0 Å². The van der Waals surface area contributed by atoms with E-state index in [0.717, 1.165) is 25.8 Å². The first-order valence-corrected chi connectivity index (χ1v) is 8.58. The molecule has 2 amide bonds. The quantitative estimate of drug-likeness (QED) is 0.842. The predicted octanol–water partition coefficient (Wildman–Crippen LogP) is 1.85. The van der Waals surface area contributed by atoms with Gasteiger partial charge in [-0.05, 0) is 43.7 Å². The fourth-order valence-corrected chi connectivity index (χ4v) is 3.30. The molecule has 5 heteroatoms. The smallest absolute Gasteiger partial charge is 0.317 e. The number of anilines is 1. The second-order valence-electron chi connectivity index (χ2n) is 6.89. The van der Waals surface area contributed by atoms with Crippen molar-refractivity contribution in [3.63, 3.8) is 0 Å². The molecule has 0 bridgehead atoms. The van der Waals surface area contributed by atoms with Gasteiger partial charge in [0, 0.05) is 38.4 Å². The summed E-state index contributed by atoms with van der Waals surface area (Å²) in [6.45, 7) is 4.17. The molecule has 2 N–H and O–H groups in total. The van der Waals surface area contributed by atoms with Crippen LogP contribution in [0.3, 0.4) is 0 Å². The maximum atomic E-state index is 12.2. The van der Waals surface area contributed by atoms with E-state index in [0.29, 0.717) is 19.0 Å². The molecule has 1 heterocycles. The number of rotatable bonds is 6. The van der Waals surface area contributed by atoms with E-state index in [9.17, 15) is 9.90 Å². The highest BCUT2D eigenvalue weighted by atomic mass is 16.3. The number of fused-ring (bicyclic) bond motifs is 1. The third kappa shape index (κ3) is 3.78. The summed E-state index contributed by atoms with van der Waals surface area (Å²) in [5.74, 6) is 0.394. The Morgan fingerprint density at radius 1 is 1.43 bits per heavy atom. The SMILES string of the molecule is CC(CNC(=O)N(C)CC(O)C1CC1)N1CCc2ccccc21. The van der Waals surface area contributed by atoms with E-state index in [1.54, 1.807) is 11.9 Å². The van der Waals surface area contributed by atoms with Crippen LogP contribution in [-0.2, 0) is 6.42 Å². The molecule has 1 aromatic rings. The number of nitrogens with zero attached hydrogens (tertiary/aromatic N) is 2. The van der Waals surface area contributed by atoms with Crippen LogP contribution >= 0.6 is 0 Å². The lowest BCUT2D eigenvalue weighted by Gasteiger charge is -2.29. The average Bonchev–Trinajstić information content (AvgIpc) is 3.31. The van der Waals surface area contributed by atoms with Crippen molar-refractivity contribution in [1.29, 1.82) is 0 Å². The number of para-hydroxylation sites is 1. The largest absolute Gasteiger partial charge is 0.391 e. The molecule has 0 aromatic heterocycles. The maximum absolute atomic E-state index is 12.2. The molecule has 5 nitrogen and oxygen atoms in total. The first kappa shape index (κ1) is 16.1. The molecule has 3 rings (SSSR count). The van der Waals surface area contributed by atoms with Gasteiger partial charge < -0.3 is 20.2 Å². The number of likely N-dealkylation sites (N-methyl/N-ethyl adjacent to an activating group) is 1. The van der Waals surface area contributed by atoms with Gasteiger partial charge in [-0.25, -0.2) is 4.79 Å². The van der Waals surface area contributed by atoms with Crippen LogP contribution in [-0.4, -0.2) is 54.9 Å². The van der Waals surface area contributed by atoms with Crippen molar-refractivity contribution in [3.05, 3.63) is 29.8 Å². The first-order valence-electron chi connectivity index (χ1n) is 8.58.